The normalized spacial score (nSPS) is 17.0. The standard InChI is InChI=1S/C23H33N3O5/c1-5-31-23(29)20-15(2)25(3)17-9-10-18(30-4)22(21(17)20)24-19(28)14-26-12-7-6-8-16(26)11-13-27/h9-10,16,27H,5-8,11-14H2,1-4H3,(H,24,28)/t16-/m1/s1. The maximum atomic E-state index is 13.0. The highest BCUT2D eigenvalue weighted by molar-refractivity contribution is 6.14. The number of aliphatic hydroxyl groups excluding tert-OH is 1. The fourth-order valence-electron chi connectivity index (χ4n) is 4.49. The first-order valence-electron chi connectivity index (χ1n) is 10.9. The number of hydrogen-bond donors (Lipinski definition) is 2. The van der Waals surface area contributed by atoms with Crippen LogP contribution in [0.2, 0.25) is 0 Å². The van der Waals surface area contributed by atoms with E-state index >= 15 is 0 Å². The second-order valence-electron chi connectivity index (χ2n) is 7.96. The van der Waals surface area contributed by atoms with Crippen molar-refractivity contribution >= 4 is 28.5 Å². The molecule has 170 valence electrons. The minimum Gasteiger partial charge on any atom is -0.495 e. The van der Waals surface area contributed by atoms with E-state index in [1.54, 1.807) is 20.1 Å². The van der Waals surface area contributed by atoms with E-state index in [2.05, 4.69) is 10.2 Å². The first-order chi connectivity index (χ1) is 14.9. The number of amides is 1. The predicted molar refractivity (Wildman–Crippen MR) is 120 cm³/mol. The van der Waals surface area contributed by atoms with Gasteiger partial charge in [-0.2, -0.15) is 0 Å². The van der Waals surface area contributed by atoms with Gasteiger partial charge in [0.2, 0.25) is 5.91 Å². The zero-order valence-electron chi connectivity index (χ0n) is 18.9. The van der Waals surface area contributed by atoms with E-state index < -0.39 is 5.97 Å². The number of benzene rings is 1. The van der Waals surface area contributed by atoms with Gasteiger partial charge in [0, 0.05) is 30.8 Å². The van der Waals surface area contributed by atoms with Crippen molar-refractivity contribution in [1.82, 2.24) is 9.47 Å². The van der Waals surface area contributed by atoms with Crippen LogP contribution in [0.4, 0.5) is 5.69 Å². The molecule has 2 N–H and O–H groups in total. The van der Waals surface area contributed by atoms with Gasteiger partial charge in [-0.15, -0.1) is 0 Å². The highest BCUT2D eigenvalue weighted by atomic mass is 16.5. The number of carbonyl (C=O) groups excluding carboxylic acids is 2. The Morgan fingerprint density at radius 3 is 2.74 bits per heavy atom. The second kappa shape index (κ2) is 10.2. The highest BCUT2D eigenvalue weighted by Gasteiger charge is 2.27. The summed E-state index contributed by atoms with van der Waals surface area (Å²) >= 11 is 0. The number of carbonyl (C=O) groups is 2. The van der Waals surface area contributed by atoms with E-state index in [9.17, 15) is 14.7 Å². The van der Waals surface area contributed by atoms with Crippen molar-refractivity contribution in [2.24, 2.45) is 7.05 Å². The van der Waals surface area contributed by atoms with E-state index in [4.69, 9.17) is 9.47 Å². The summed E-state index contributed by atoms with van der Waals surface area (Å²) in [4.78, 5) is 27.9. The Labute approximate surface area is 183 Å². The number of ether oxygens (including phenoxy) is 2. The van der Waals surface area contributed by atoms with Crippen molar-refractivity contribution in [3.8, 4) is 5.75 Å². The summed E-state index contributed by atoms with van der Waals surface area (Å²) in [6, 6.07) is 3.87. The van der Waals surface area contributed by atoms with E-state index in [0.717, 1.165) is 37.0 Å². The van der Waals surface area contributed by atoms with Crippen molar-refractivity contribution in [2.45, 2.75) is 45.6 Å². The van der Waals surface area contributed by atoms with Gasteiger partial charge in [-0.05, 0) is 51.8 Å². The Kier molecular flexibility index (Phi) is 7.56. The minimum absolute atomic E-state index is 0.113. The molecule has 3 rings (SSSR count). The number of nitrogens with zero attached hydrogens (tertiary/aromatic N) is 2. The number of rotatable bonds is 8. The smallest absolute Gasteiger partial charge is 0.340 e. The number of esters is 1. The monoisotopic (exact) mass is 431 g/mol. The van der Waals surface area contributed by atoms with Crippen molar-refractivity contribution in [3.05, 3.63) is 23.4 Å². The van der Waals surface area contributed by atoms with Gasteiger partial charge in [0.1, 0.15) is 5.75 Å². The summed E-state index contributed by atoms with van der Waals surface area (Å²) in [5.74, 6) is -0.108. The van der Waals surface area contributed by atoms with Crippen LogP contribution in [0.3, 0.4) is 0 Å². The van der Waals surface area contributed by atoms with E-state index in [1.165, 1.54) is 0 Å². The van der Waals surface area contributed by atoms with Gasteiger partial charge >= 0.3 is 5.97 Å². The molecule has 8 heteroatoms. The van der Waals surface area contributed by atoms with Gasteiger partial charge in [0.25, 0.3) is 0 Å². The average molecular weight is 432 g/mol. The molecule has 1 aromatic carbocycles. The van der Waals surface area contributed by atoms with Crippen LogP contribution < -0.4 is 10.1 Å². The molecule has 8 nitrogen and oxygen atoms in total. The molecule has 1 aliphatic heterocycles. The molecule has 1 saturated heterocycles. The van der Waals surface area contributed by atoms with Crippen LogP contribution in [-0.4, -0.2) is 65.9 Å². The Balaban J connectivity index is 1.97. The molecule has 1 aliphatic rings. The quantitative estimate of drug-likeness (QED) is 0.625. The number of nitrogens with one attached hydrogen (secondary N) is 1. The molecule has 2 heterocycles. The molecule has 2 aromatic rings. The lowest BCUT2D eigenvalue weighted by Gasteiger charge is -2.34. The van der Waals surface area contributed by atoms with Crippen LogP contribution in [0.25, 0.3) is 10.9 Å². The van der Waals surface area contributed by atoms with E-state index in [1.807, 2.05) is 24.6 Å². The topological polar surface area (TPSA) is 93.0 Å². The van der Waals surface area contributed by atoms with Gasteiger partial charge in [-0.3, -0.25) is 9.69 Å². The lowest BCUT2D eigenvalue weighted by molar-refractivity contribution is -0.118. The summed E-state index contributed by atoms with van der Waals surface area (Å²) < 4.78 is 12.7. The Hall–Kier alpha value is -2.58. The lowest BCUT2D eigenvalue weighted by Crippen LogP contribution is -2.44. The summed E-state index contributed by atoms with van der Waals surface area (Å²) in [6.07, 6.45) is 3.80. The molecular formula is C23H33N3O5. The number of aliphatic hydroxyl groups is 1. The molecule has 1 aromatic heterocycles. The van der Waals surface area contributed by atoms with Crippen LogP contribution in [0.5, 0.6) is 5.75 Å². The zero-order chi connectivity index (χ0) is 22.5. The SMILES string of the molecule is CCOC(=O)c1c(C)n(C)c2ccc(OC)c(NC(=O)CN3CCCC[C@@H]3CCO)c12. The Bertz CT molecular complexity index is 951. The molecule has 0 radical (unpaired) electrons. The van der Waals surface area contributed by atoms with Crippen molar-refractivity contribution in [1.29, 1.82) is 0 Å². The molecule has 0 spiro atoms. The van der Waals surface area contributed by atoms with Gasteiger partial charge in [0.05, 0.1) is 37.0 Å². The average Bonchev–Trinajstić information content (AvgIpc) is 3.01. The van der Waals surface area contributed by atoms with Gasteiger partial charge in [-0.25, -0.2) is 4.79 Å². The summed E-state index contributed by atoms with van der Waals surface area (Å²) in [5, 5.41) is 13.0. The number of piperidine rings is 1. The Morgan fingerprint density at radius 2 is 2.06 bits per heavy atom. The van der Waals surface area contributed by atoms with Crippen LogP contribution in [0.15, 0.2) is 12.1 Å². The first kappa shape index (κ1) is 23.1. The van der Waals surface area contributed by atoms with Crippen LogP contribution in [0, 0.1) is 6.92 Å². The molecule has 1 amide bonds. The maximum Gasteiger partial charge on any atom is 0.340 e. The van der Waals surface area contributed by atoms with Gasteiger partial charge in [-0.1, -0.05) is 6.42 Å². The van der Waals surface area contributed by atoms with Crippen LogP contribution >= 0.6 is 0 Å². The first-order valence-corrected chi connectivity index (χ1v) is 10.9. The summed E-state index contributed by atoms with van der Waals surface area (Å²) in [5.41, 5.74) is 2.49. The number of aromatic nitrogens is 1. The lowest BCUT2D eigenvalue weighted by atomic mass is 9.99. The minimum atomic E-state index is -0.423. The largest absolute Gasteiger partial charge is 0.495 e. The molecule has 31 heavy (non-hydrogen) atoms. The third kappa shape index (κ3) is 4.70. The third-order valence-corrected chi connectivity index (χ3v) is 6.14. The molecular weight excluding hydrogens is 398 g/mol. The summed E-state index contributed by atoms with van der Waals surface area (Å²) in [6.45, 7) is 5.06. The fraction of sp³-hybridized carbons (Fsp3) is 0.565. The number of anilines is 1. The number of methoxy groups -OCH3 is 1. The number of fused-ring (bicyclic) bond motifs is 1. The Morgan fingerprint density at radius 1 is 1.29 bits per heavy atom. The molecule has 1 fully saturated rings. The molecule has 1 atom stereocenters. The van der Waals surface area contributed by atoms with Crippen molar-refractivity contribution in [2.75, 3.05) is 38.7 Å². The number of likely N-dealkylation sites (tertiary alicyclic amines) is 1. The second-order valence-corrected chi connectivity index (χ2v) is 7.96. The maximum absolute atomic E-state index is 13.0. The third-order valence-electron chi connectivity index (χ3n) is 6.14. The molecule has 0 unspecified atom stereocenters. The van der Waals surface area contributed by atoms with Crippen LogP contribution in [-0.2, 0) is 16.6 Å². The molecule has 0 saturated carbocycles. The van der Waals surface area contributed by atoms with Crippen LogP contribution in [0.1, 0.15) is 48.7 Å². The zero-order valence-corrected chi connectivity index (χ0v) is 18.9. The predicted octanol–water partition coefficient (Wildman–Crippen LogP) is 2.85. The summed E-state index contributed by atoms with van der Waals surface area (Å²) in [7, 11) is 3.42. The number of hydrogen-bond acceptors (Lipinski definition) is 6. The van der Waals surface area contributed by atoms with Gasteiger partial charge in [0.15, 0.2) is 0 Å². The molecule has 0 bridgehead atoms. The fourth-order valence-corrected chi connectivity index (χ4v) is 4.49. The van der Waals surface area contributed by atoms with Crippen molar-refractivity contribution in [3.63, 3.8) is 0 Å². The van der Waals surface area contributed by atoms with Crippen molar-refractivity contribution < 1.29 is 24.2 Å². The molecule has 0 aliphatic carbocycles. The van der Waals surface area contributed by atoms with E-state index in [-0.39, 0.29) is 31.7 Å². The van der Waals surface area contributed by atoms with E-state index in [0.29, 0.717) is 28.8 Å². The van der Waals surface area contributed by atoms with Gasteiger partial charge < -0.3 is 24.5 Å². The highest BCUT2D eigenvalue weighted by Crippen LogP contribution is 2.38. The number of aryl methyl sites for hydroxylation is 1.